The Kier molecular flexibility index (Phi) is 8.01. The summed E-state index contributed by atoms with van der Waals surface area (Å²) in [7, 11) is 1.59. The highest BCUT2D eigenvalue weighted by atomic mass is 16.9. The molecule has 1 aliphatic rings. The van der Waals surface area contributed by atoms with Gasteiger partial charge in [0, 0.05) is 31.0 Å². The number of hydrogen-bond donors (Lipinski definition) is 1. The summed E-state index contributed by atoms with van der Waals surface area (Å²) >= 11 is 0. The summed E-state index contributed by atoms with van der Waals surface area (Å²) in [5.41, 5.74) is 5.28. The van der Waals surface area contributed by atoms with Crippen LogP contribution in [0.15, 0.2) is 42.6 Å². The molecule has 1 aromatic carbocycles. The molecule has 0 amide bonds. The Morgan fingerprint density at radius 2 is 1.94 bits per heavy atom. The minimum absolute atomic E-state index is 0.0266. The van der Waals surface area contributed by atoms with Crippen LogP contribution in [0.25, 0.3) is 5.65 Å². The Balaban J connectivity index is 1.71. The maximum atomic E-state index is 12.8. The van der Waals surface area contributed by atoms with E-state index in [2.05, 4.69) is 10.2 Å². The molecule has 3 heterocycles. The molecular formula is C25H30N4O7. The molecule has 0 fully saturated rings. The summed E-state index contributed by atoms with van der Waals surface area (Å²) in [4.78, 5) is 32.3. The van der Waals surface area contributed by atoms with E-state index in [0.717, 1.165) is 33.8 Å². The molecule has 0 radical (unpaired) electrons. The first-order valence-electron chi connectivity index (χ1n) is 11.8. The van der Waals surface area contributed by atoms with Crippen molar-refractivity contribution in [1.82, 2.24) is 9.38 Å². The summed E-state index contributed by atoms with van der Waals surface area (Å²) in [6.45, 7) is 4.47. The van der Waals surface area contributed by atoms with Gasteiger partial charge in [0.1, 0.15) is 6.10 Å². The van der Waals surface area contributed by atoms with Gasteiger partial charge in [-0.2, -0.15) is 0 Å². The van der Waals surface area contributed by atoms with Crippen molar-refractivity contribution in [1.29, 1.82) is 0 Å². The number of imidazole rings is 1. The minimum atomic E-state index is -0.877. The molecule has 0 saturated carbocycles. The highest BCUT2D eigenvalue weighted by molar-refractivity contribution is 5.76. The van der Waals surface area contributed by atoms with Crippen molar-refractivity contribution >= 4 is 17.3 Å². The number of esters is 1. The number of aromatic nitrogens is 2. The average Bonchev–Trinajstić information content (AvgIpc) is 3.16. The van der Waals surface area contributed by atoms with Gasteiger partial charge in [-0.1, -0.05) is 30.3 Å². The van der Waals surface area contributed by atoms with Gasteiger partial charge in [-0.25, -0.2) is 4.98 Å². The number of hydrogen-bond acceptors (Lipinski definition) is 9. The quantitative estimate of drug-likeness (QED) is 0.182. The maximum absolute atomic E-state index is 12.8. The van der Waals surface area contributed by atoms with E-state index in [1.165, 1.54) is 0 Å². The van der Waals surface area contributed by atoms with Crippen molar-refractivity contribution in [2.24, 2.45) is 0 Å². The molecule has 1 aliphatic heterocycles. The lowest BCUT2D eigenvalue weighted by molar-refractivity contribution is -0.757. The lowest BCUT2D eigenvalue weighted by Crippen LogP contribution is -2.41. The number of nitrogens with one attached hydrogen (secondary N) is 1. The molecule has 3 unspecified atom stereocenters. The fraction of sp³-hybridized carbons (Fsp3) is 0.440. The number of ether oxygens (including phenoxy) is 3. The molecule has 192 valence electrons. The van der Waals surface area contributed by atoms with Crippen LogP contribution >= 0.6 is 0 Å². The summed E-state index contributed by atoms with van der Waals surface area (Å²) in [6.07, 6.45) is 0.772. The molecule has 36 heavy (non-hydrogen) atoms. The molecule has 3 aromatic rings. The van der Waals surface area contributed by atoms with Gasteiger partial charge in [0.15, 0.2) is 11.8 Å². The van der Waals surface area contributed by atoms with E-state index in [0.29, 0.717) is 13.2 Å². The molecule has 11 nitrogen and oxygen atoms in total. The Labute approximate surface area is 208 Å². The first kappa shape index (κ1) is 25.4. The summed E-state index contributed by atoms with van der Waals surface area (Å²) in [5, 5.41) is 13.1. The topological polar surface area (TPSA) is 126 Å². The van der Waals surface area contributed by atoms with Crippen molar-refractivity contribution in [3.05, 3.63) is 75.2 Å². The normalized spacial score (nSPS) is 18.9. The number of carbonyl (C=O) groups is 1. The Morgan fingerprint density at radius 1 is 1.17 bits per heavy atom. The van der Waals surface area contributed by atoms with Crippen LogP contribution in [-0.4, -0.2) is 53.5 Å². The molecule has 1 N–H and O–H groups in total. The summed E-state index contributed by atoms with van der Waals surface area (Å²) in [6, 6.07) is 11.2. The first-order chi connectivity index (χ1) is 17.4. The van der Waals surface area contributed by atoms with Gasteiger partial charge < -0.3 is 28.8 Å². The monoisotopic (exact) mass is 498 g/mol. The van der Waals surface area contributed by atoms with Gasteiger partial charge in [-0.3, -0.25) is 4.79 Å². The van der Waals surface area contributed by atoms with Gasteiger partial charge in [-0.15, -0.1) is 10.1 Å². The molecule has 11 heteroatoms. The number of benzene rings is 1. The van der Waals surface area contributed by atoms with Gasteiger partial charge in [-0.05, 0) is 31.9 Å². The largest absolute Gasteiger partial charge is 0.457 e. The van der Waals surface area contributed by atoms with Gasteiger partial charge in [0.2, 0.25) is 0 Å². The predicted octanol–water partition coefficient (Wildman–Crippen LogP) is 3.72. The minimum Gasteiger partial charge on any atom is -0.457 e. The fourth-order valence-electron chi connectivity index (χ4n) is 4.40. The predicted molar refractivity (Wildman–Crippen MR) is 130 cm³/mol. The Bertz CT molecular complexity index is 1210. The maximum Gasteiger partial charge on any atom is 0.306 e. The number of aryl methyl sites for hydroxylation is 2. The Morgan fingerprint density at radius 3 is 2.67 bits per heavy atom. The molecule has 2 aromatic heterocycles. The van der Waals surface area contributed by atoms with Crippen LogP contribution in [0.3, 0.4) is 0 Å². The molecule has 0 aliphatic carbocycles. The van der Waals surface area contributed by atoms with Crippen LogP contribution in [0.4, 0.5) is 5.69 Å². The molecule has 0 spiro atoms. The second-order valence-corrected chi connectivity index (χ2v) is 8.55. The fourth-order valence-corrected chi connectivity index (χ4v) is 4.40. The van der Waals surface area contributed by atoms with Gasteiger partial charge in [0.25, 0.3) is 5.09 Å². The van der Waals surface area contributed by atoms with Gasteiger partial charge >= 0.3 is 5.97 Å². The lowest BCUT2D eigenvalue weighted by atomic mass is 9.88. The highest BCUT2D eigenvalue weighted by Gasteiger charge is 2.42. The standard InChI is InChI=1S/C25H30N4O7/c1-16-17(2)28-12-11-19-22(25(28)26-16)27-21(18-8-5-4-6-9-18)24(23(19)34-15-14-33-3)36-20(30)10-7-13-35-29(31)32/h4-6,8-9,11-12,21,23-24,27H,7,10,13-15H2,1-3H3. The smallest absolute Gasteiger partial charge is 0.306 e. The zero-order chi connectivity index (χ0) is 25.7. The third-order valence-corrected chi connectivity index (χ3v) is 6.27. The zero-order valence-electron chi connectivity index (χ0n) is 20.5. The van der Waals surface area contributed by atoms with E-state index >= 15 is 0 Å². The van der Waals surface area contributed by atoms with Crippen molar-refractivity contribution in [2.75, 3.05) is 32.2 Å². The third kappa shape index (κ3) is 5.42. The van der Waals surface area contributed by atoms with E-state index in [-0.39, 0.29) is 19.4 Å². The van der Waals surface area contributed by atoms with Crippen LogP contribution in [-0.2, 0) is 23.8 Å². The average molecular weight is 499 g/mol. The van der Waals surface area contributed by atoms with Crippen LogP contribution < -0.4 is 5.32 Å². The number of carbonyl (C=O) groups excluding carboxylic acids is 1. The van der Waals surface area contributed by atoms with E-state index in [4.69, 9.17) is 19.2 Å². The first-order valence-corrected chi connectivity index (χ1v) is 11.8. The van der Waals surface area contributed by atoms with E-state index in [1.807, 2.05) is 60.8 Å². The molecular weight excluding hydrogens is 468 g/mol. The second-order valence-electron chi connectivity index (χ2n) is 8.55. The number of nitrogens with zero attached hydrogens (tertiary/aromatic N) is 3. The number of anilines is 1. The zero-order valence-corrected chi connectivity index (χ0v) is 20.5. The number of methoxy groups -OCH3 is 1. The summed E-state index contributed by atoms with van der Waals surface area (Å²) in [5.74, 6) is -0.493. The van der Waals surface area contributed by atoms with Crippen LogP contribution in [0.1, 0.15) is 47.5 Å². The molecule has 4 rings (SSSR count). The van der Waals surface area contributed by atoms with Crippen LogP contribution in [0, 0.1) is 24.0 Å². The molecule has 0 saturated heterocycles. The van der Waals surface area contributed by atoms with Crippen molar-refractivity contribution < 1.29 is 28.9 Å². The SMILES string of the molecule is COCCOC1c2ccn3c(C)c(C)nc3c2NC(c2ccccc2)C1OC(=O)CCCO[N+](=O)[O-]. The number of fused-ring (bicyclic) bond motifs is 3. The van der Waals surface area contributed by atoms with E-state index < -0.39 is 29.3 Å². The van der Waals surface area contributed by atoms with Crippen molar-refractivity contribution in [2.45, 2.75) is 44.9 Å². The number of rotatable bonds is 11. The van der Waals surface area contributed by atoms with Gasteiger partial charge in [0.05, 0.1) is 37.2 Å². The third-order valence-electron chi connectivity index (χ3n) is 6.27. The van der Waals surface area contributed by atoms with Crippen LogP contribution in [0.5, 0.6) is 0 Å². The van der Waals surface area contributed by atoms with Crippen LogP contribution in [0.2, 0.25) is 0 Å². The van der Waals surface area contributed by atoms with Crippen molar-refractivity contribution in [3.8, 4) is 0 Å². The van der Waals surface area contributed by atoms with Crippen molar-refractivity contribution in [3.63, 3.8) is 0 Å². The summed E-state index contributed by atoms with van der Waals surface area (Å²) < 4.78 is 19.5. The second kappa shape index (κ2) is 11.4. The lowest BCUT2D eigenvalue weighted by Gasteiger charge is -2.40. The highest BCUT2D eigenvalue weighted by Crippen LogP contribution is 2.44. The molecule has 0 bridgehead atoms. The number of pyridine rings is 1. The Hall–Kier alpha value is -3.70. The molecule has 3 atom stereocenters. The van der Waals surface area contributed by atoms with E-state index in [1.54, 1.807) is 7.11 Å². The van der Waals surface area contributed by atoms with E-state index in [9.17, 15) is 14.9 Å².